The summed E-state index contributed by atoms with van der Waals surface area (Å²) in [6.45, 7) is 2.22. The molecule has 0 spiro atoms. The number of hydrogen-bond donors (Lipinski definition) is 2. The standard InChI is InChI=1S/C9H11BrFNO/c1-5(4-12)6-2-7(10)9(13)3-8(6)11/h2-3,5,13H,4,12H2,1H3. The monoisotopic (exact) mass is 247 g/mol. The minimum atomic E-state index is -0.418. The van der Waals surface area contributed by atoms with Crippen LogP contribution in [-0.4, -0.2) is 11.7 Å². The van der Waals surface area contributed by atoms with E-state index < -0.39 is 5.82 Å². The van der Waals surface area contributed by atoms with Crippen LogP contribution in [0, 0.1) is 5.82 Å². The van der Waals surface area contributed by atoms with E-state index in [1.165, 1.54) is 0 Å². The van der Waals surface area contributed by atoms with Crippen LogP contribution in [0.1, 0.15) is 18.4 Å². The highest BCUT2D eigenvalue weighted by atomic mass is 79.9. The van der Waals surface area contributed by atoms with E-state index in [1.54, 1.807) is 6.07 Å². The van der Waals surface area contributed by atoms with Crippen LogP contribution in [0.4, 0.5) is 4.39 Å². The number of hydrogen-bond acceptors (Lipinski definition) is 2. The predicted octanol–water partition coefficient (Wildman–Crippen LogP) is 2.36. The maximum absolute atomic E-state index is 13.2. The van der Waals surface area contributed by atoms with E-state index in [2.05, 4.69) is 15.9 Å². The maximum Gasteiger partial charge on any atom is 0.132 e. The fourth-order valence-corrected chi connectivity index (χ4v) is 1.42. The quantitative estimate of drug-likeness (QED) is 0.843. The van der Waals surface area contributed by atoms with Crippen LogP contribution in [0.5, 0.6) is 5.75 Å². The zero-order valence-electron chi connectivity index (χ0n) is 7.22. The Hall–Kier alpha value is -0.610. The fraction of sp³-hybridized carbons (Fsp3) is 0.333. The lowest BCUT2D eigenvalue weighted by molar-refractivity contribution is 0.463. The number of rotatable bonds is 2. The van der Waals surface area contributed by atoms with Crippen molar-refractivity contribution in [3.63, 3.8) is 0 Å². The van der Waals surface area contributed by atoms with Gasteiger partial charge in [0.25, 0.3) is 0 Å². The molecule has 0 saturated heterocycles. The average Bonchev–Trinajstić information content (AvgIpc) is 2.10. The molecule has 1 aromatic carbocycles. The minimum Gasteiger partial charge on any atom is -0.507 e. The Balaban J connectivity index is 3.15. The molecule has 0 radical (unpaired) electrons. The van der Waals surface area contributed by atoms with E-state index in [1.807, 2.05) is 6.92 Å². The first-order valence-corrected chi connectivity index (χ1v) is 4.73. The highest BCUT2D eigenvalue weighted by molar-refractivity contribution is 9.10. The van der Waals surface area contributed by atoms with Gasteiger partial charge >= 0.3 is 0 Å². The van der Waals surface area contributed by atoms with Crippen molar-refractivity contribution < 1.29 is 9.50 Å². The summed E-state index contributed by atoms with van der Waals surface area (Å²) >= 11 is 3.12. The molecule has 0 aliphatic heterocycles. The summed E-state index contributed by atoms with van der Waals surface area (Å²) in [5.41, 5.74) is 5.94. The molecule has 0 aliphatic rings. The molecule has 0 fully saturated rings. The van der Waals surface area contributed by atoms with Crippen molar-refractivity contribution in [1.82, 2.24) is 0 Å². The lowest BCUT2D eigenvalue weighted by atomic mass is 10.0. The SMILES string of the molecule is CC(CN)c1cc(Br)c(O)cc1F. The zero-order valence-corrected chi connectivity index (χ0v) is 8.81. The van der Waals surface area contributed by atoms with Crippen LogP contribution in [-0.2, 0) is 0 Å². The van der Waals surface area contributed by atoms with Crippen molar-refractivity contribution >= 4 is 15.9 Å². The highest BCUT2D eigenvalue weighted by Gasteiger charge is 2.12. The van der Waals surface area contributed by atoms with Crippen LogP contribution in [0.3, 0.4) is 0 Å². The third-order valence-electron chi connectivity index (χ3n) is 1.95. The summed E-state index contributed by atoms with van der Waals surface area (Å²) < 4.78 is 13.7. The van der Waals surface area contributed by atoms with Crippen LogP contribution < -0.4 is 5.73 Å². The Morgan fingerprint density at radius 1 is 1.62 bits per heavy atom. The van der Waals surface area contributed by atoms with Gasteiger partial charge in [-0.05, 0) is 40.0 Å². The normalized spacial score (nSPS) is 12.9. The molecule has 0 saturated carbocycles. The summed E-state index contributed by atoms with van der Waals surface area (Å²) in [4.78, 5) is 0. The third kappa shape index (κ3) is 2.19. The van der Waals surface area contributed by atoms with Gasteiger partial charge in [0.15, 0.2) is 0 Å². The molecule has 72 valence electrons. The van der Waals surface area contributed by atoms with Gasteiger partial charge in [0, 0.05) is 6.07 Å². The van der Waals surface area contributed by atoms with Gasteiger partial charge in [-0.2, -0.15) is 0 Å². The number of phenols is 1. The molecule has 0 aromatic heterocycles. The van der Waals surface area contributed by atoms with Gasteiger partial charge in [0.1, 0.15) is 11.6 Å². The van der Waals surface area contributed by atoms with Crippen LogP contribution in [0.2, 0.25) is 0 Å². The lowest BCUT2D eigenvalue weighted by Gasteiger charge is -2.11. The molecule has 1 aromatic rings. The third-order valence-corrected chi connectivity index (χ3v) is 2.59. The molecule has 13 heavy (non-hydrogen) atoms. The summed E-state index contributed by atoms with van der Waals surface area (Å²) in [6, 6.07) is 2.65. The predicted molar refractivity (Wildman–Crippen MR) is 53.2 cm³/mol. The molecule has 0 heterocycles. The van der Waals surface area contributed by atoms with Crippen molar-refractivity contribution in [2.75, 3.05) is 6.54 Å². The number of nitrogens with two attached hydrogens (primary N) is 1. The van der Waals surface area contributed by atoms with E-state index in [0.29, 0.717) is 16.6 Å². The van der Waals surface area contributed by atoms with Crippen LogP contribution in [0.15, 0.2) is 16.6 Å². The Morgan fingerprint density at radius 2 is 2.23 bits per heavy atom. The lowest BCUT2D eigenvalue weighted by Crippen LogP contribution is -2.10. The number of halogens is 2. The van der Waals surface area contributed by atoms with Crippen LogP contribution >= 0.6 is 15.9 Å². The van der Waals surface area contributed by atoms with Crippen molar-refractivity contribution in [3.05, 3.63) is 28.0 Å². The van der Waals surface area contributed by atoms with E-state index >= 15 is 0 Å². The summed E-state index contributed by atoms with van der Waals surface area (Å²) in [5, 5.41) is 9.16. The van der Waals surface area contributed by atoms with E-state index in [0.717, 1.165) is 6.07 Å². The molecule has 0 aliphatic carbocycles. The summed E-state index contributed by atoms with van der Waals surface area (Å²) in [7, 11) is 0. The van der Waals surface area contributed by atoms with Crippen LogP contribution in [0.25, 0.3) is 0 Å². The van der Waals surface area contributed by atoms with Crippen molar-refractivity contribution in [3.8, 4) is 5.75 Å². The van der Waals surface area contributed by atoms with E-state index in [-0.39, 0.29) is 11.7 Å². The number of phenolic OH excluding ortho intramolecular Hbond substituents is 1. The second kappa shape index (κ2) is 4.07. The Labute approximate surface area is 84.7 Å². The first kappa shape index (κ1) is 10.5. The average molecular weight is 248 g/mol. The second-order valence-electron chi connectivity index (χ2n) is 2.96. The molecule has 4 heteroatoms. The second-order valence-corrected chi connectivity index (χ2v) is 3.82. The van der Waals surface area contributed by atoms with Gasteiger partial charge in [-0.3, -0.25) is 0 Å². The topological polar surface area (TPSA) is 46.2 Å². The summed E-state index contributed by atoms with van der Waals surface area (Å²) in [5.74, 6) is -0.555. The molecule has 2 nitrogen and oxygen atoms in total. The van der Waals surface area contributed by atoms with Gasteiger partial charge in [0.2, 0.25) is 0 Å². The van der Waals surface area contributed by atoms with Gasteiger partial charge < -0.3 is 10.8 Å². The van der Waals surface area contributed by atoms with Gasteiger partial charge in [-0.15, -0.1) is 0 Å². The van der Waals surface area contributed by atoms with E-state index in [4.69, 9.17) is 10.8 Å². The first-order valence-electron chi connectivity index (χ1n) is 3.94. The van der Waals surface area contributed by atoms with Gasteiger partial charge in [-0.25, -0.2) is 4.39 Å². The van der Waals surface area contributed by atoms with Gasteiger partial charge in [-0.1, -0.05) is 6.92 Å². The molecular formula is C9H11BrFNO. The van der Waals surface area contributed by atoms with Gasteiger partial charge in [0.05, 0.1) is 4.47 Å². The van der Waals surface area contributed by atoms with E-state index in [9.17, 15) is 4.39 Å². The Bertz CT molecular complexity index is 317. The molecule has 3 N–H and O–H groups in total. The Kier molecular flexibility index (Phi) is 3.27. The minimum absolute atomic E-state index is 0.0445. The Morgan fingerprint density at radius 3 is 2.77 bits per heavy atom. The summed E-state index contributed by atoms with van der Waals surface area (Å²) in [6.07, 6.45) is 0. The van der Waals surface area contributed by atoms with Crippen molar-refractivity contribution in [2.24, 2.45) is 5.73 Å². The van der Waals surface area contributed by atoms with Crippen molar-refractivity contribution in [1.29, 1.82) is 0 Å². The molecular weight excluding hydrogens is 237 g/mol. The molecule has 1 atom stereocenters. The molecule has 1 rings (SSSR count). The smallest absolute Gasteiger partial charge is 0.132 e. The first-order chi connectivity index (χ1) is 6.06. The molecule has 1 unspecified atom stereocenters. The van der Waals surface area contributed by atoms with Crippen molar-refractivity contribution in [2.45, 2.75) is 12.8 Å². The number of aromatic hydroxyl groups is 1. The fourth-order valence-electron chi connectivity index (χ4n) is 1.06. The molecule has 0 amide bonds. The zero-order chi connectivity index (χ0) is 10.0. The molecule has 0 bridgehead atoms. The highest BCUT2D eigenvalue weighted by Crippen LogP contribution is 2.29. The number of benzene rings is 1. The maximum atomic E-state index is 13.2. The largest absolute Gasteiger partial charge is 0.507 e.